The van der Waals surface area contributed by atoms with Crippen molar-refractivity contribution in [3.05, 3.63) is 41.4 Å². The Bertz CT molecular complexity index is 574. The van der Waals surface area contributed by atoms with Crippen LogP contribution < -0.4 is 0 Å². The molecule has 0 unspecified atom stereocenters. The van der Waals surface area contributed by atoms with E-state index < -0.39 is 0 Å². The molecule has 3 nitrogen and oxygen atoms in total. The number of carbonyl (C=O) groups is 1. The van der Waals surface area contributed by atoms with Crippen LogP contribution in [0.25, 0.3) is 11.3 Å². The first-order chi connectivity index (χ1) is 7.75. The fraction of sp³-hybridized carbons (Fsp3) is 0.167. The van der Waals surface area contributed by atoms with Crippen molar-refractivity contribution in [1.82, 2.24) is 5.16 Å². The van der Waals surface area contributed by atoms with E-state index in [1.54, 1.807) is 12.1 Å². The molecule has 0 saturated heterocycles. The van der Waals surface area contributed by atoms with Crippen LogP contribution in [0.2, 0.25) is 0 Å². The van der Waals surface area contributed by atoms with Crippen LogP contribution in [0.5, 0.6) is 0 Å². The lowest BCUT2D eigenvalue weighted by Gasteiger charge is -1.97. The summed E-state index contributed by atoms with van der Waals surface area (Å²) in [7, 11) is 0. The summed E-state index contributed by atoms with van der Waals surface area (Å²) in [5.74, 6) is 0.291. The highest BCUT2D eigenvalue weighted by Crippen LogP contribution is 2.31. The minimum Gasteiger partial charge on any atom is -0.360 e. The minimum absolute atomic E-state index is 0.0236. The van der Waals surface area contributed by atoms with E-state index in [-0.39, 0.29) is 11.6 Å². The number of aryl methyl sites for hydroxylation is 1. The third-order valence-corrected chi connectivity index (χ3v) is 2.72. The molecule has 3 rings (SSSR count). The fourth-order valence-corrected chi connectivity index (χ4v) is 1.97. The maximum absolute atomic E-state index is 13.1. The molecule has 0 atom stereocenters. The van der Waals surface area contributed by atoms with Gasteiger partial charge in [-0.15, -0.1) is 0 Å². The molecular weight excluding hydrogens is 209 g/mol. The number of aromatic nitrogens is 1. The third-order valence-electron chi connectivity index (χ3n) is 2.72. The van der Waals surface area contributed by atoms with Crippen molar-refractivity contribution in [3.63, 3.8) is 0 Å². The highest BCUT2D eigenvalue weighted by atomic mass is 19.1. The van der Waals surface area contributed by atoms with E-state index >= 15 is 0 Å². The number of nitrogens with zero attached hydrogens (tertiary/aromatic N) is 1. The molecule has 0 radical (unpaired) electrons. The monoisotopic (exact) mass is 217 g/mol. The topological polar surface area (TPSA) is 43.1 Å². The second kappa shape index (κ2) is 3.27. The lowest BCUT2D eigenvalue weighted by Crippen LogP contribution is -1.93. The first kappa shape index (κ1) is 9.27. The van der Waals surface area contributed by atoms with E-state index in [1.807, 2.05) is 0 Å². The Hall–Kier alpha value is -1.97. The van der Waals surface area contributed by atoms with Crippen LogP contribution in [0.4, 0.5) is 4.39 Å². The highest BCUT2D eigenvalue weighted by molar-refractivity contribution is 6.04. The molecule has 2 aromatic rings. The Morgan fingerprint density at radius 1 is 1.31 bits per heavy atom. The van der Waals surface area contributed by atoms with Crippen molar-refractivity contribution in [3.8, 4) is 11.3 Å². The zero-order chi connectivity index (χ0) is 11.1. The van der Waals surface area contributed by atoms with Crippen molar-refractivity contribution >= 4 is 5.78 Å². The van der Waals surface area contributed by atoms with Gasteiger partial charge in [0.25, 0.3) is 0 Å². The van der Waals surface area contributed by atoms with Crippen LogP contribution in [0.1, 0.15) is 22.5 Å². The Labute approximate surface area is 90.9 Å². The van der Waals surface area contributed by atoms with Crippen LogP contribution in [0, 0.1) is 5.82 Å². The summed E-state index contributed by atoms with van der Waals surface area (Å²) in [5.41, 5.74) is 1.56. The summed E-state index contributed by atoms with van der Waals surface area (Å²) < 4.78 is 18.1. The van der Waals surface area contributed by atoms with Gasteiger partial charge in [0.15, 0.2) is 5.78 Å². The van der Waals surface area contributed by atoms with E-state index in [4.69, 9.17) is 4.52 Å². The second-order valence-corrected chi connectivity index (χ2v) is 3.76. The standard InChI is InChI=1S/C12H8FNO2/c13-8-3-1-2-7(6-8)12-11-9(15)4-5-10(11)16-14-12/h1-3,6H,4-5H2. The second-order valence-electron chi connectivity index (χ2n) is 3.76. The van der Waals surface area contributed by atoms with E-state index in [9.17, 15) is 9.18 Å². The van der Waals surface area contributed by atoms with Gasteiger partial charge in [-0.25, -0.2) is 4.39 Å². The molecule has 80 valence electrons. The molecule has 1 aliphatic carbocycles. The molecule has 1 aromatic heterocycles. The lowest BCUT2D eigenvalue weighted by atomic mass is 10.1. The van der Waals surface area contributed by atoms with Crippen molar-refractivity contribution in [1.29, 1.82) is 0 Å². The predicted octanol–water partition coefficient (Wildman–Crippen LogP) is 2.61. The molecule has 0 aliphatic heterocycles. The average molecular weight is 217 g/mol. The Morgan fingerprint density at radius 3 is 3.00 bits per heavy atom. The number of carbonyl (C=O) groups excluding carboxylic acids is 1. The number of ketones is 1. The Kier molecular flexibility index (Phi) is 1.89. The third kappa shape index (κ3) is 1.26. The van der Waals surface area contributed by atoms with Crippen LogP contribution in [-0.2, 0) is 6.42 Å². The van der Waals surface area contributed by atoms with E-state index in [2.05, 4.69) is 5.16 Å². The molecule has 0 bridgehead atoms. The number of rotatable bonds is 1. The molecule has 0 fully saturated rings. The summed E-state index contributed by atoms with van der Waals surface area (Å²) >= 11 is 0. The first-order valence-corrected chi connectivity index (χ1v) is 5.03. The molecule has 16 heavy (non-hydrogen) atoms. The zero-order valence-corrected chi connectivity index (χ0v) is 8.37. The van der Waals surface area contributed by atoms with Gasteiger partial charge < -0.3 is 4.52 Å². The van der Waals surface area contributed by atoms with E-state index in [0.29, 0.717) is 35.4 Å². The first-order valence-electron chi connectivity index (χ1n) is 5.03. The maximum Gasteiger partial charge on any atom is 0.169 e. The van der Waals surface area contributed by atoms with Gasteiger partial charge in [0.2, 0.25) is 0 Å². The zero-order valence-electron chi connectivity index (χ0n) is 8.37. The summed E-state index contributed by atoms with van der Waals surface area (Å²) in [6.07, 6.45) is 1.05. The van der Waals surface area contributed by atoms with Crippen LogP contribution in [0.15, 0.2) is 28.8 Å². The Balaban J connectivity index is 2.18. The summed E-state index contributed by atoms with van der Waals surface area (Å²) in [4.78, 5) is 11.6. The smallest absolute Gasteiger partial charge is 0.169 e. The number of hydrogen-bond donors (Lipinski definition) is 0. The molecule has 0 N–H and O–H groups in total. The van der Waals surface area contributed by atoms with Gasteiger partial charge in [-0.1, -0.05) is 17.3 Å². The molecule has 1 heterocycles. The van der Waals surface area contributed by atoms with Gasteiger partial charge in [0.1, 0.15) is 17.3 Å². The molecule has 0 spiro atoms. The normalized spacial score (nSPS) is 14.2. The van der Waals surface area contributed by atoms with Gasteiger partial charge in [0.05, 0.1) is 5.56 Å². The van der Waals surface area contributed by atoms with Gasteiger partial charge in [-0.05, 0) is 12.1 Å². The summed E-state index contributed by atoms with van der Waals surface area (Å²) in [6, 6.07) is 6.01. The number of hydrogen-bond acceptors (Lipinski definition) is 3. The quantitative estimate of drug-likeness (QED) is 0.737. The predicted molar refractivity (Wildman–Crippen MR) is 54.5 cm³/mol. The number of halogens is 1. The molecule has 0 amide bonds. The van der Waals surface area contributed by atoms with Gasteiger partial charge in [0, 0.05) is 18.4 Å². The van der Waals surface area contributed by atoms with Crippen LogP contribution in [0.3, 0.4) is 0 Å². The van der Waals surface area contributed by atoms with Crippen molar-refractivity contribution < 1.29 is 13.7 Å². The highest BCUT2D eigenvalue weighted by Gasteiger charge is 2.29. The summed E-state index contributed by atoms with van der Waals surface area (Å²) in [5, 5.41) is 3.84. The van der Waals surface area contributed by atoms with Crippen molar-refractivity contribution in [2.45, 2.75) is 12.8 Å². The largest absolute Gasteiger partial charge is 0.360 e. The maximum atomic E-state index is 13.1. The van der Waals surface area contributed by atoms with E-state index in [1.165, 1.54) is 12.1 Å². The SMILES string of the molecule is O=C1CCc2onc(-c3cccc(F)c3)c21. The number of Topliss-reactive ketones (excluding diaryl/α,β-unsaturated/α-hetero) is 1. The lowest BCUT2D eigenvalue weighted by molar-refractivity contribution is 0.0995. The molecular formula is C12H8FNO2. The van der Waals surface area contributed by atoms with Crippen molar-refractivity contribution in [2.24, 2.45) is 0 Å². The van der Waals surface area contributed by atoms with Gasteiger partial charge >= 0.3 is 0 Å². The van der Waals surface area contributed by atoms with E-state index in [0.717, 1.165) is 0 Å². The van der Waals surface area contributed by atoms with Crippen LogP contribution in [-0.4, -0.2) is 10.9 Å². The summed E-state index contributed by atoms with van der Waals surface area (Å²) in [6.45, 7) is 0. The fourth-order valence-electron chi connectivity index (χ4n) is 1.97. The number of benzene rings is 1. The van der Waals surface area contributed by atoms with Gasteiger partial charge in [-0.2, -0.15) is 0 Å². The number of fused-ring (bicyclic) bond motifs is 1. The molecule has 4 heteroatoms. The average Bonchev–Trinajstić information content (AvgIpc) is 2.82. The Morgan fingerprint density at radius 2 is 2.19 bits per heavy atom. The van der Waals surface area contributed by atoms with Gasteiger partial charge in [-0.3, -0.25) is 4.79 Å². The minimum atomic E-state index is -0.348. The molecule has 1 aromatic carbocycles. The molecule has 1 aliphatic rings. The molecule has 0 saturated carbocycles. The van der Waals surface area contributed by atoms with Crippen molar-refractivity contribution in [2.75, 3.05) is 0 Å². The van der Waals surface area contributed by atoms with Crippen LogP contribution >= 0.6 is 0 Å².